The Kier molecular flexibility index (Phi) is 2.70. The maximum atomic E-state index is 10.9. The van der Waals surface area contributed by atoms with E-state index >= 15 is 0 Å². The molecule has 0 bridgehead atoms. The van der Waals surface area contributed by atoms with Crippen LogP contribution >= 0.6 is 21.2 Å². The molecule has 1 nitrogen and oxygen atoms in total. The smallest absolute Gasteiger partial charge is 0.270 e. The van der Waals surface area contributed by atoms with E-state index in [1.165, 1.54) is 0 Å². The molecule has 0 radical (unpaired) electrons. The number of rotatable bonds is 1. The molecule has 0 aromatic heterocycles. The van der Waals surface area contributed by atoms with E-state index in [0.29, 0.717) is 0 Å². The minimum absolute atomic E-state index is 1.11. The van der Waals surface area contributed by atoms with Crippen LogP contribution in [0.3, 0.4) is 0 Å². The van der Waals surface area contributed by atoms with Crippen molar-refractivity contribution in [1.82, 2.24) is 0 Å². The van der Waals surface area contributed by atoms with Gasteiger partial charge in [-0.05, 0) is 0 Å². The Labute approximate surface area is 48.5 Å². The molecule has 44 valence electrons. The zero-order valence-corrected chi connectivity index (χ0v) is 5.28. The van der Waals surface area contributed by atoms with Crippen LogP contribution in [-0.2, 0) is 3.07 Å². The highest BCUT2D eigenvalue weighted by Crippen LogP contribution is 2.19. The van der Waals surface area contributed by atoms with Gasteiger partial charge < -0.3 is 0 Å². The third kappa shape index (κ3) is 6.32. The van der Waals surface area contributed by atoms with Gasteiger partial charge in [0.2, 0.25) is 0 Å². The molecule has 0 aliphatic heterocycles. The molecule has 0 aromatic carbocycles. The van der Waals surface area contributed by atoms with Gasteiger partial charge in [-0.2, -0.15) is 13.2 Å². The van der Waals surface area contributed by atoms with Crippen molar-refractivity contribution >= 4 is 21.2 Å². The average Bonchev–Trinajstić information content (AvgIpc) is 1.30. The van der Waals surface area contributed by atoms with Crippen molar-refractivity contribution in [3.05, 3.63) is 0 Å². The lowest BCUT2D eigenvalue weighted by atomic mass is 10.8. The molecule has 0 amide bonds. The summed E-state index contributed by atoms with van der Waals surface area (Å²) in [6.07, 6.45) is -4.21. The van der Waals surface area contributed by atoms with Gasteiger partial charge in [0, 0.05) is 0 Å². The lowest BCUT2D eigenvalue weighted by Gasteiger charge is -1.95. The van der Waals surface area contributed by atoms with Crippen LogP contribution in [0.1, 0.15) is 0 Å². The molecule has 0 aromatic rings. The standard InChI is InChI=1S/C2H2F3IO/c3-2(4,5)1-6-7/h1H2. The molecule has 0 fully saturated rings. The Hall–Kier alpha value is 0.320. The van der Waals surface area contributed by atoms with Crippen molar-refractivity contribution in [3.63, 3.8) is 0 Å². The van der Waals surface area contributed by atoms with Gasteiger partial charge in [-0.3, -0.25) is 3.07 Å². The van der Waals surface area contributed by atoms with Gasteiger partial charge in [0.25, 0.3) is 0 Å². The summed E-state index contributed by atoms with van der Waals surface area (Å²) in [4.78, 5) is 0. The fraction of sp³-hybridized carbons (Fsp3) is 1.00. The summed E-state index contributed by atoms with van der Waals surface area (Å²) in [7, 11) is 0. The van der Waals surface area contributed by atoms with Crippen LogP contribution in [0.2, 0.25) is 0 Å². The molecule has 0 saturated carbocycles. The quantitative estimate of drug-likeness (QED) is 0.492. The van der Waals surface area contributed by atoms with E-state index in [1.54, 1.807) is 0 Å². The first-order chi connectivity index (χ1) is 3.06. The molecule has 0 aliphatic rings. The maximum absolute atomic E-state index is 10.9. The summed E-state index contributed by atoms with van der Waals surface area (Å²) < 4.78 is 40.9. The third-order valence-electron chi connectivity index (χ3n) is 0.206. The highest BCUT2D eigenvalue weighted by Gasteiger charge is 2.26. The van der Waals surface area contributed by atoms with Crippen LogP contribution in [0.15, 0.2) is 0 Å². The lowest BCUT2D eigenvalue weighted by Crippen LogP contribution is -2.07. The Morgan fingerprint density at radius 1 is 1.43 bits per heavy atom. The first-order valence-corrected chi connectivity index (χ1v) is 3.75. The van der Waals surface area contributed by atoms with Gasteiger partial charge in [0.1, 0.15) is 4.43 Å². The van der Waals surface area contributed by atoms with Crippen molar-refractivity contribution in [2.75, 3.05) is 4.43 Å². The van der Waals surface area contributed by atoms with E-state index in [1.807, 2.05) is 0 Å². The highest BCUT2D eigenvalue weighted by molar-refractivity contribution is 14.1. The summed E-state index contributed by atoms with van der Waals surface area (Å²) in [5, 5.41) is 0. The van der Waals surface area contributed by atoms with Crippen LogP contribution in [0.25, 0.3) is 0 Å². The van der Waals surface area contributed by atoms with Gasteiger partial charge in [-0.1, -0.05) is 0 Å². The van der Waals surface area contributed by atoms with Crippen LogP contribution in [0.5, 0.6) is 0 Å². The normalized spacial score (nSPS) is 11.9. The molecular weight excluding hydrogens is 224 g/mol. The first-order valence-electron chi connectivity index (χ1n) is 1.34. The Balaban J connectivity index is 3.34. The molecule has 5 heteroatoms. The summed E-state index contributed by atoms with van der Waals surface area (Å²) in [5.74, 6) is 0. The molecule has 0 atom stereocenters. The summed E-state index contributed by atoms with van der Waals surface area (Å²) >= 11 is -1.86. The Morgan fingerprint density at radius 3 is 1.86 bits per heavy atom. The van der Waals surface area contributed by atoms with E-state index in [9.17, 15) is 16.2 Å². The fourth-order valence-corrected chi connectivity index (χ4v) is 0.415. The second kappa shape index (κ2) is 2.58. The van der Waals surface area contributed by atoms with Gasteiger partial charge in [0.15, 0.2) is 21.2 Å². The van der Waals surface area contributed by atoms with E-state index in [-0.39, 0.29) is 0 Å². The number of hydrogen-bond donors (Lipinski definition) is 0. The number of halogens is 4. The van der Waals surface area contributed by atoms with Crippen LogP contribution < -0.4 is 0 Å². The minimum Gasteiger partial charge on any atom is -0.270 e. The van der Waals surface area contributed by atoms with Crippen molar-refractivity contribution in [2.24, 2.45) is 0 Å². The van der Waals surface area contributed by atoms with Gasteiger partial charge in [0.05, 0.1) is 0 Å². The topological polar surface area (TPSA) is 17.1 Å². The number of hydrogen-bond acceptors (Lipinski definition) is 1. The highest BCUT2D eigenvalue weighted by atomic mass is 127. The largest absolute Gasteiger partial charge is 0.400 e. The van der Waals surface area contributed by atoms with Gasteiger partial charge in [-0.15, -0.1) is 0 Å². The van der Waals surface area contributed by atoms with Crippen molar-refractivity contribution in [1.29, 1.82) is 0 Å². The maximum Gasteiger partial charge on any atom is 0.400 e. The second-order valence-corrected chi connectivity index (χ2v) is 2.24. The summed E-state index contributed by atoms with van der Waals surface area (Å²) in [5.41, 5.74) is 0. The van der Waals surface area contributed by atoms with Crippen LogP contribution in [0.4, 0.5) is 13.2 Å². The molecule has 0 N–H and O–H groups in total. The monoisotopic (exact) mass is 226 g/mol. The van der Waals surface area contributed by atoms with Gasteiger partial charge in [-0.25, -0.2) is 0 Å². The van der Waals surface area contributed by atoms with Crippen LogP contribution in [0, 0.1) is 0 Å². The predicted molar refractivity (Wildman–Crippen MR) is 25.6 cm³/mol. The average molecular weight is 226 g/mol. The van der Waals surface area contributed by atoms with Crippen molar-refractivity contribution in [2.45, 2.75) is 6.18 Å². The van der Waals surface area contributed by atoms with Gasteiger partial charge >= 0.3 is 6.18 Å². The summed E-state index contributed by atoms with van der Waals surface area (Å²) in [6.45, 7) is 0. The number of alkyl halides is 4. The van der Waals surface area contributed by atoms with E-state index in [4.69, 9.17) is 0 Å². The molecular formula is C2H2F3IO. The van der Waals surface area contributed by atoms with Crippen molar-refractivity contribution in [3.8, 4) is 0 Å². The second-order valence-electron chi connectivity index (χ2n) is 0.858. The first kappa shape index (κ1) is 7.32. The Morgan fingerprint density at radius 2 is 1.86 bits per heavy atom. The fourth-order valence-electron chi connectivity index (χ4n) is 0.0619. The molecule has 0 rings (SSSR count). The summed E-state index contributed by atoms with van der Waals surface area (Å²) in [6, 6.07) is 0. The lowest BCUT2D eigenvalue weighted by molar-refractivity contribution is -0.102. The van der Waals surface area contributed by atoms with Crippen molar-refractivity contribution < 1.29 is 16.2 Å². The van der Waals surface area contributed by atoms with E-state index in [2.05, 4.69) is 0 Å². The van der Waals surface area contributed by atoms with Crippen LogP contribution in [-0.4, -0.2) is 10.6 Å². The molecule has 0 unspecified atom stereocenters. The predicted octanol–water partition coefficient (Wildman–Crippen LogP) is 1.86. The van der Waals surface area contributed by atoms with E-state index < -0.39 is 31.8 Å². The third-order valence-corrected chi connectivity index (χ3v) is 1.38. The zero-order valence-electron chi connectivity index (χ0n) is 3.13. The molecule has 0 aliphatic carbocycles. The zero-order chi connectivity index (χ0) is 5.91. The molecule has 0 spiro atoms. The molecule has 7 heavy (non-hydrogen) atoms. The molecule has 0 saturated heterocycles. The SMILES string of the molecule is O=ICC(F)(F)F. The Bertz CT molecular complexity index is 67.8. The van der Waals surface area contributed by atoms with E-state index in [0.717, 1.165) is 0 Å². The molecule has 0 heterocycles. The minimum atomic E-state index is -4.21.